The summed E-state index contributed by atoms with van der Waals surface area (Å²) in [4.78, 5) is 0. The molecule has 1 aromatic heterocycles. The van der Waals surface area contributed by atoms with Gasteiger partial charge in [0.15, 0.2) is 5.75 Å². The number of benzene rings is 2. The minimum Gasteiger partial charge on any atom is -0.486 e. The van der Waals surface area contributed by atoms with Crippen molar-refractivity contribution in [2.75, 3.05) is 0 Å². The molecule has 3 rings (SSSR count). The molecule has 0 radical (unpaired) electrons. The zero-order chi connectivity index (χ0) is 16.4. The van der Waals surface area contributed by atoms with Crippen LogP contribution in [0.4, 0.5) is 0 Å². The summed E-state index contributed by atoms with van der Waals surface area (Å²) in [6, 6.07) is 8.54. The Morgan fingerprint density at radius 1 is 0.913 bits per heavy atom. The van der Waals surface area contributed by atoms with Crippen LogP contribution in [0, 0.1) is 0 Å². The van der Waals surface area contributed by atoms with Gasteiger partial charge in [-0.05, 0) is 35.0 Å². The molecule has 1 heterocycles. The highest BCUT2D eigenvalue weighted by Gasteiger charge is 2.13. The third-order valence-corrected chi connectivity index (χ3v) is 4.27. The Kier molecular flexibility index (Phi) is 4.92. The van der Waals surface area contributed by atoms with Crippen LogP contribution in [0.5, 0.6) is 5.75 Å². The SMILES string of the molecule is Clc1ccc(COc2c(Cl)cc(-c3nn[nH]n3)cc2Cl)cc1Cl. The molecule has 2 aromatic carbocycles. The maximum Gasteiger partial charge on any atom is 0.204 e. The molecule has 3 aromatic rings. The average Bonchev–Trinajstić information content (AvgIpc) is 3.04. The van der Waals surface area contributed by atoms with Gasteiger partial charge in [-0.1, -0.05) is 52.5 Å². The number of tetrazole rings is 1. The molecule has 0 aliphatic rings. The van der Waals surface area contributed by atoms with E-state index in [-0.39, 0.29) is 6.61 Å². The van der Waals surface area contributed by atoms with Crippen LogP contribution in [0.25, 0.3) is 11.4 Å². The van der Waals surface area contributed by atoms with Crippen molar-refractivity contribution in [3.63, 3.8) is 0 Å². The van der Waals surface area contributed by atoms with E-state index >= 15 is 0 Å². The second-order valence-corrected chi connectivity index (χ2v) is 6.17. The van der Waals surface area contributed by atoms with Crippen LogP contribution in [0.2, 0.25) is 20.1 Å². The number of aromatic nitrogens is 4. The van der Waals surface area contributed by atoms with Crippen LogP contribution in [-0.4, -0.2) is 20.6 Å². The zero-order valence-electron chi connectivity index (χ0n) is 11.4. The number of aromatic amines is 1. The van der Waals surface area contributed by atoms with E-state index in [1.807, 2.05) is 6.07 Å². The standard InChI is InChI=1S/C14H8Cl4N4O/c15-9-2-1-7(3-10(9)16)6-23-13-11(17)4-8(5-12(13)18)14-19-21-22-20-14/h1-5H,6H2,(H,19,20,21,22). The Morgan fingerprint density at radius 2 is 1.65 bits per heavy atom. The average molecular weight is 390 g/mol. The quantitative estimate of drug-likeness (QED) is 0.677. The largest absolute Gasteiger partial charge is 0.486 e. The van der Waals surface area contributed by atoms with Gasteiger partial charge >= 0.3 is 0 Å². The van der Waals surface area contributed by atoms with Crippen molar-refractivity contribution in [2.45, 2.75) is 6.61 Å². The molecule has 0 aliphatic heterocycles. The lowest BCUT2D eigenvalue weighted by Gasteiger charge is -2.11. The highest BCUT2D eigenvalue weighted by molar-refractivity contribution is 6.42. The third kappa shape index (κ3) is 3.70. The van der Waals surface area contributed by atoms with E-state index in [1.54, 1.807) is 24.3 Å². The summed E-state index contributed by atoms with van der Waals surface area (Å²) in [7, 11) is 0. The summed E-state index contributed by atoms with van der Waals surface area (Å²) in [5.41, 5.74) is 1.48. The fourth-order valence-corrected chi connectivity index (χ4v) is 2.81. The fourth-order valence-electron chi connectivity index (χ4n) is 1.90. The van der Waals surface area contributed by atoms with Crippen molar-refractivity contribution in [3.05, 3.63) is 56.0 Å². The van der Waals surface area contributed by atoms with Crippen molar-refractivity contribution in [3.8, 4) is 17.1 Å². The predicted molar refractivity (Wildman–Crippen MR) is 90.4 cm³/mol. The number of hydrogen-bond donors (Lipinski definition) is 1. The first-order valence-corrected chi connectivity index (χ1v) is 7.85. The molecule has 0 amide bonds. The van der Waals surface area contributed by atoms with Gasteiger partial charge < -0.3 is 4.74 Å². The van der Waals surface area contributed by atoms with Gasteiger partial charge in [0.1, 0.15) is 6.61 Å². The number of H-pyrrole nitrogens is 1. The van der Waals surface area contributed by atoms with E-state index in [1.165, 1.54) is 0 Å². The highest BCUT2D eigenvalue weighted by atomic mass is 35.5. The van der Waals surface area contributed by atoms with E-state index in [0.29, 0.717) is 37.2 Å². The Bertz CT molecular complexity index is 816. The normalized spacial score (nSPS) is 10.8. The van der Waals surface area contributed by atoms with Crippen molar-refractivity contribution >= 4 is 46.4 Å². The predicted octanol–water partition coefficient (Wildman–Crippen LogP) is 5.06. The highest BCUT2D eigenvalue weighted by Crippen LogP contribution is 2.37. The summed E-state index contributed by atoms with van der Waals surface area (Å²) >= 11 is 24.3. The lowest BCUT2D eigenvalue weighted by atomic mass is 10.2. The molecule has 23 heavy (non-hydrogen) atoms. The number of hydrogen-bond acceptors (Lipinski definition) is 4. The number of ether oxygens (including phenoxy) is 1. The molecule has 0 spiro atoms. The minimum atomic E-state index is 0.248. The van der Waals surface area contributed by atoms with E-state index < -0.39 is 0 Å². The molecule has 0 fully saturated rings. The van der Waals surface area contributed by atoms with Crippen LogP contribution < -0.4 is 4.74 Å². The van der Waals surface area contributed by atoms with Gasteiger partial charge in [-0.15, -0.1) is 10.2 Å². The van der Waals surface area contributed by atoms with Crippen molar-refractivity contribution < 1.29 is 4.74 Å². The lowest BCUT2D eigenvalue weighted by molar-refractivity contribution is 0.306. The topological polar surface area (TPSA) is 63.7 Å². The Labute approximate surface area is 151 Å². The monoisotopic (exact) mass is 388 g/mol. The van der Waals surface area contributed by atoms with Crippen LogP contribution in [0.3, 0.4) is 0 Å². The first-order chi connectivity index (χ1) is 11.0. The Balaban J connectivity index is 1.81. The van der Waals surface area contributed by atoms with E-state index in [2.05, 4.69) is 20.6 Å². The van der Waals surface area contributed by atoms with Crippen molar-refractivity contribution in [1.82, 2.24) is 20.6 Å². The number of rotatable bonds is 4. The molecule has 0 saturated carbocycles. The number of nitrogens with one attached hydrogen (secondary N) is 1. The third-order valence-electron chi connectivity index (χ3n) is 2.97. The second-order valence-electron chi connectivity index (χ2n) is 4.54. The van der Waals surface area contributed by atoms with Crippen LogP contribution in [0.15, 0.2) is 30.3 Å². The number of halogens is 4. The fraction of sp³-hybridized carbons (Fsp3) is 0.0714. The van der Waals surface area contributed by atoms with Gasteiger partial charge in [-0.25, -0.2) is 0 Å². The zero-order valence-corrected chi connectivity index (χ0v) is 14.4. The van der Waals surface area contributed by atoms with Gasteiger partial charge in [0.2, 0.25) is 5.82 Å². The molecule has 0 saturated heterocycles. The summed E-state index contributed by atoms with van der Waals surface area (Å²) in [5, 5.41) is 15.2. The van der Waals surface area contributed by atoms with E-state index in [9.17, 15) is 0 Å². The first kappa shape index (κ1) is 16.3. The number of nitrogens with zero attached hydrogens (tertiary/aromatic N) is 3. The van der Waals surface area contributed by atoms with Crippen molar-refractivity contribution in [2.24, 2.45) is 0 Å². The summed E-state index contributed by atoms with van der Waals surface area (Å²) < 4.78 is 5.69. The first-order valence-electron chi connectivity index (χ1n) is 6.34. The Hall–Kier alpha value is -1.53. The summed E-state index contributed by atoms with van der Waals surface area (Å²) in [5.74, 6) is 0.761. The van der Waals surface area contributed by atoms with Gasteiger partial charge in [0, 0.05) is 5.56 Å². The van der Waals surface area contributed by atoms with E-state index in [4.69, 9.17) is 51.1 Å². The molecular weight excluding hydrogens is 382 g/mol. The minimum absolute atomic E-state index is 0.248. The van der Waals surface area contributed by atoms with Crippen molar-refractivity contribution in [1.29, 1.82) is 0 Å². The van der Waals surface area contributed by atoms with Crippen LogP contribution >= 0.6 is 46.4 Å². The van der Waals surface area contributed by atoms with E-state index in [0.717, 1.165) is 5.56 Å². The van der Waals surface area contributed by atoms with Crippen LogP contribution in [0.1, 0.15) is 5.56 Å². The van der Waals surface area contributed by atoms with Gasteiger partial charge in [0.25, 0.3) is 0 Å². The maximum atomic E-state index is 6.23. The summed E-state index contributed by atoms with van der Waals surface area (Å²) in [6.45, 7) is 0.248. The maximum absolute atomic E-state index is 6.23. The molecule has 118 valence electrons. The second kappa shape index (κ2) is 6.93. The van der Waals surface area contributed by atoms with Gasteiger partial charge in [0.05, 0.1) is 20.1 Å². The molecule has 0 aliphatic carbocycles. The van der Waals surface area contributed by atoms with Gasteiger partial charge in [-0.2, -0.15) is 5.21 Å². The molecule has 9 heteroatoms. The molecule has 0 unspecified atom stereocenters. The molecule has 1 N–H and O–H groups in total. The van der Waals surface area contributed by atoms with Gasteiger partial charge in [-0.3, -0.25) is 0 Å². The molecule has 5 nitrogen and oxygen atoms in total. The van der Waals surface area contributed by atoms with Crippen LogP contribution in [-0.2, 0) is 6.61 Å². The smallest absolute Gasteiger partial charge is 0.204 e. The molecular formula is C14H8Cl4N4O. The molecule has 0 atom stereocenters. The Morgan fingerprint density at radius 3 is 2.26 bits per heavy atom. The molecule has 0 bridgehead atoms. The lowest BCUT2D eigenvalue weighted by Crippen LogP contribution is -1.97. The summed E-state index contributed by atoms with van der Waals surface area (Å²) in [6.07, 6.45) is 0.